The molecule has 0 saturated heterocycles. The van der Waals surface area contributed by atoms with Crippen LogP contribution in [0.1, 0.15) is 11.1 Å². The van der Waals surface area contributed by atoms with Crippen molar-refractivity contribution in [1.29, 1.82) is 0 Å². The third-order valence-electron chi connectivity index (χ3n) is 2.15. The molecule has 2 aromatic heterocycles. The molecule has 14 heavy (non-hydrogen) atoms. The van der Waals surface area contributed by atoms with E-state index in [2.05, 4.69) is 35.9 Å². The summed E-state index contributed by atoms with van der Waals surface area (Å²) in [5, 5.41) is 0. The SMILES string of the molecule is Cc1ccnc(-c2cc(C)cc[nH+]2)c1. The molecule has 0 unspecified atom stereocenters. The number of aromatic amines is 1. The molecule has 1 N–H and O–H groups in total. The molecular formula is C12H13N2+. The molecule has 2 heterocycles. The van der Waals surface area contributed by atoms with Crippen LogP contribution in [0.4, 0.5) is 0 Å². The van der Waals surface area contributed by atoms with Crippen LogP contribution in [0.3, 0.4) is 0 Å². The molecule has 70 valence electrons. The van der Waals surface area contributed by atoms with Crippen molar-refractivity contribution in [3.63, 3.8) is 0 Å². The van der Waals surface area contributed by atoms with Crippen molar-refractivity contribution in [2.75, 3.05) is 0 Å². The number of H-pyrrole nitrogens is 1. The van der Waals surface area contributed by atoms with Crippen LogP contribution in [-0.2, 0) is 0 Å². The van der Waals surface area contributed by atoms with Gasteiger partial charge in [0, 0.05) is 18.3 Å². The molecule has 0 aliphatic carbocycles. The zero-order valence-corrected chi connectivity index (χ0v) is 8.41. The standard InChI is InChI=1S/C12H12N2/c1-9-3-5-13-11(7-9)12-8-10(2)4-6-14-12/h3-8H,1-2H3/p+1. The Morgan fingerprint density at radius 1 is 1.07 bits per heavy atom. The summed E-state index contributed by atoms with van der Waals surface area (Å²) in [5.41, 5.74) is 4.52. The molecule has 0 amide bonds. The maximum absolute atomic E-state index is 4.32. The minimum absolute atomic E-state index is 0.994. The molecule has 0 aliphatic heterocycles. The number of aryl methyl sites for hydroxylation is 2. The van der Waals surface area contributed by atoms with Gasteiger partial charge in [0.1, 0.15) is 5.69 Å². The predicted octanol–water partition coefficient (Wildman–Crippen LogP) is 2.18. The van der Waals surface area contributed by atoms with Crippen molar-refractivity contribution in [3.05, 3.63) is 47.8 Å². The summed E-state index contributed by atoms with van der Waals surface area (Å²) in [6.45, 7) is 4.15. The van der Waals surface area contributed by atoms with Gasteiger partial charge in [0.2, 0.25) is 5.69 Å². The van der Waals surface area contributed by atoms with E-state index in [0.29, 0.717) is 0 Å². The lowest BCUT2D eigenvalue weighted by Crippen LogP contribution is -2.06. The highest BCUT2D eigenvalue weighted by Gasteiger charge is 2.05. The Bertz CT molecular complexity index is 406. The van der Waals surface area contributed by atoms with Crippen molar-refractivity contribution in [2.45, 2.75) is 13.8 Å². The van der Waals surface area contributed by atoms with Crippen LogP contribution in [0.25, 0.3) is 11.4 Å². The maximum Gasteiger partial charge on any atom is 0.229 e. The largest absolute Gasteiger partial charge is 0.250 e. The predicted molar refractivity (Wildman–Crippen MR) is 55.7 cm³/mol. The third-order valence-corrected chi connectivity index (χ3v) is 2.15. The number of hydrogen-bond acceptors (Lipinski definition) is 1. The van der Waals surface area contributed by atoms with Crippen molar-refractivity contribution in [2.24, 2.45) is 0 Å². The van der Waals surface area contributed by atoms with E-state index >= 15 is 0 Å². The topological polar surface area (TPSA) is 27.0 Å². The minimum atomic E-state index is 0.994. The molecule has 0 atom stereocenters. The Hall–Kier alpha value is -1.70. The van der Waals surface area contributed by atoms with Crippen LogP contribution in [-0.4, -0.2) is 4.98 Å². The molecule has 2 nitrogen and oxygen atoms in total. The van der Waals surface area contributed by atoms with E-state index in [4.69, 9.17) is 0 Å². The first-order valence-corrected chi connectivity index (χ1v) is 4.67. The average Bonchev–Trinajstić information content (AvgIpc) is 2.18. The number of rotatable bonds is 1. The Morgan fingerprint density at radius 2 is 1.86 bits per heavy atom. The van der Waals surface area contributed by atoms with Crippen LogP contribution in [0, 0.1) is 13.8 Å². The summed E-state index contributed by atoms with van der Waals surface area (Å²) in [6.07, 6.45) is 3.77. The summed E-state index contributed by atoms with van der Waals surface area (Å²) >= 11 is 0. The first-order chi connectivity index (χ1) is 6.75. The number of hydrogen-bond donors (Lipinski definition) is 0. The molecule has 2 aromatic rings. The van der Waals surface area contributed by atoms with Gasteiger partial charge in [-0.05, 0) is 37.1 Å². The van der Waals surface area contributed by atoms with Crippen molar-refractivity contribution in [3.8, 4) is 11.4 Å². The smallest absolute Gasteiger partial charge is 0.229 e. The van der Waals surface area contributed by atoms with Gasteiger partial charge in [0.25, 0.3) is 0 Å². The fourth-order valence-corrected chi connectivity index (χ4v) is 1.41. The van der Waals surface area contributed by atoms with Gasteiger partial charge in [-0.25, -0.2) is 9.97 Å². The van der Waals surface area contributed by atoms with Crippen molar-refractivity contribution >= 4 is 0 Å². The third kappa shape index (κ3) is 1.79. The van der Waals surface area contributed by atoms with Crippen molar-refractivity contribution < 1.29 is 4.98 Å². The Morgan fingerprint density at radius 3 is 2.57 bits per heavy atom. The highest BCUT2D eigenvalue weighted by atomic mass is 14.8. The summed E-state index contributed by atoms with van der Waals surface area (Å²) < 4.78 is 0. The van der Waals surface area contributed by atoms with Crippen LogP contribution < -0.4 is 4.98 Å². The number of nitrogens with one attached hydrogen (secondary N) is 1. The number of pyridine rings is 2. The lowest BCUT2D eigenvalue weighted by Gasteiger charge is -1.96. The molecule has 0 bridgehead atoms. The van der Waals surface area contributed by atoms with Gasteiger partial charge < -0.3 is 0 Å². The molecule has 2 rings (SSSR count). The summed E-state index contributed by atoms with van der Waals surface area (Å²) in [4.78, 5) is 7.51. The van der Waals surface area contributed by atoms with E-state index in [9.17, 15) is 0 Å². The van der Waals surface area contributed by atoms with Gasteiger partial charge >= 0.3 is 0 Å². The molecule has 0 spiro atoms. The number of aromatic nitrogens is 2. The first kappa shape index (κ1) is 8.88. The molecular weight excluding hydrogens is 172 g/mol. The first-order valence-electron chi connectivity index (χ1n) is 4.67. The lowest BCUT2D eigenvalue weighted by atomic mass is 10.1. The minimum Gasteiger partial charge on any atom is -0.250 e. The molecule has 2 heteroatoms. The summed E-state index contributed by atoms with van der Waals surface area (Å²) in [6, 6.07) is 8.21. The zero-order valence-electron chi connectivity index (χ0n) is 8.41. The fraction of sp³-hybridized carbons (Fsp3) is 0.167. The van der Waals surface area contributed by atoms with E-state index in [1.54, 1.807) is 0 Å². The normalized spacial score (nSPS) is 10.1. The van der Waals surface area contributed by atoms with Gasteiger partial charge in [0.05, 0.1) is 0 Å². The highest BCUT2D eigenvalue weighted by Crippen LogP contribution is 2.12. The van der Waals surface area contributed by atoms with Crippen molar-refractivity contribution in [1.82, 2.24) is 4.98 Å². The lowest BCUT2D eigenvalue weighted by molar-refractivity contribution is -0.365. The Kier molecular flexibility index (Phi) is 2.27. The van der Waals surface area contributed by atoms with E-state index in [1.165, 1.54) is 11.1 Å². The van der Waals surface area contributed by atoms with E-state index in [1.807, 2.05) is 24.5 Å². The van der Waals surface area contributed by atoms with Crippen LogP contribution in [0.5, 0.6) is 0 Å². The molecule has 0 aliphatic rings. The quantitative estimate of drug-likeness (QED) is 0.669. The van der Waals surface area contributed by atoms with E-state index in [-0.39, 0.29) is 0 Å². The Balaban J connectivity index is 2.49. The van der Waals surface area contributed by atoms with Gasteiger partial charge in [0.15, 0.2) is 6.20 Å². The molecule has 0 saturated carbocycles. The number of nitrogens with zero attached hydrogens (tertiary/aromatic N) is 1. The Labute approximate surface area is 83.7 Å². The summed E-state index contributed by atoms with van der Waals surface area (Å²) in [5.74, 6) is 0. The van der Waals surface area contributed by atoms with E-state index in [0.717, 1.165) is 11.4 Å². The second-order valence-corrected chi connectivity index (χ2v) is 3.50. The maximum atomic E-state index is 4.32. The van der Waals surface area contributed by atoms with Crippen LogP contribution >= 0.6 is 0 Å². The summed E-state index contributed by atoms with van der Waals surface area (Å²) in [7, 11) is 0. The van der Waals surface area contributed by atoms with Crippen LogP contribution in [0.2, 0.25) is 0 Å². The van der Waals surface area contributed by atoms with Gasteiger partial charge in [-0.15, -0.1) is 0 Å². The monoisotopic (exact) mass is 185 g/mol. The fourth-order valence-electron chi connectivity index (χ4n) is 1.41. The average molecular weight is 185 g/mol. The highest BCUT2D eigenvalue weighted by molar-refractivity contribution is 5.51. The van der Waals surface area contributed by atoms with Crippen LogP contribution in [0.15, 0.2) is 36.7 Å². The molecule has 0 aromatic carbocycles. The second-order valence-electron chi connectivity index (χ2n) is 3.50. The molecule has 0 fully saturated rings. The van der Waals surface area contributed by atoms with Gasteiger partial charge in [-0.1, -0.05) is 0 Å². The van der Waals surface area contributed by atoms with Gasteiger partial charge in [-0.2, -0.15) is 0 Å². The molecule has 0 radical (unpaired) electrons. The zero-order chi connectivity index (χ0) is 9.97. The van der Waals surface area contributed by atoms with Gasteiger partial charge in [-0.3, -0.25) is 0 Å². The van der Waals surface area contributed by atoms with E-state index < -0.39 is 0 Å². The second kappa shape index (κ2) is 3.58.